The highest BCUT2D eigenvalue weighted by Gasteiger charge is 1.99. The Kier molecular flexibility index (Phi) is 9.69. The zero-order valence-electron chi connectivity index (χ0n) is 12.8. The quantitative estimate of drug-likeness (QED) is 0.183. The van der Waals surface area contributed by atoms with Crippen LogP contribution in [0.2, 0.25) is 0 Å². The van der Waals surface area contributed by atoms with E-state index in [1.165, 1.54) is 13.2 Å². The molecular formula is C16H22O6. The fourth-order valence-electron chi connectivity index (χ4n) is 1.52. The topological polar surface area (TPSA) is 63.2 Å². The molecule has 0 aliphatic rings. The van der Waals surface area contributed by atoms with Crippen LogP contribution in [0.1, 0.15) is 17.3 Å². The van der Waals surface area contributed by atoms with Gasteiger partial charge in [-0.1, -0.05) is 6.58 Å². The summed E-state index contributed by atoms with van der Waals surface area (Å²) >= 11 is 0. The molecule has 6 nitrogen and oxygen atoms in total. The maximum absolute atomic E-state index is 11.1. The van der Waals surface area contributed by atoms with Gasteiger partial charge >= 0.3 is 0 Å². The van der Waals surface area contributed by atoms with Crippen LogP contribution in [0.4, 0.5) is 0 Å². The molecule has 0 saturated heterocycles. The average molecular weight is 310 g/mol. The van der Waals surface area contributed by atoms with E-state index in [0.29, 0.717) is 51.0 Å². The second-order valence-electron chi connectivity index (χ2n) is 4.24. The zero-order valence-corrected chi connectivity index (χ0v) is 12.8. The first-order valence-electron chi connectivity index (χ1n) is 7.02. The highest BCUT2D eigenvalue weighted by atomic mass is 17.2. The third kappa shape index (κ3) is 8.41. The van der Waals surface area contributed by atoms with Gasteiger partial charge in [-0.3, -0.25) is 4.79 Å². The molecule has 0 heterocycles. The van der Waals surface area contributed by atoms with Crippen molar-refractivity contribution in [2.75, 3.05) is 39.6 Å². The summed E-state index contributed by atoms with van der Waals surface area (Å²) < 4.78 is 16.1. The van der Waals surface area contributed by atoms with Crippen molar-refractivity contribution in [2.24, 2.45) is 0 Å². The summed E-state index contributed by atoms with van der Waals surface area (Å²) in [6, 6.07) is 7.02. The Bertz CT molecular complexity index is 429. The number of Topliss-reactive ketones (excluding diaryl/α,β-unsaturated/α-hetero) is 1. The van der Waals surface area contributed by atoms with Crippen LogP contribution in [0.3, 0.4) is 0 Å². The Morgan fingerprint density at radius 1 is 1.00 bits per heavy atom. The fraction of sp³-hybridized carbons (Fsp3) is 0.438. The molecule has 0 fully saturated rings. The number of carbonyl (C=O) groups excluding carboxylic acids is 1. The van der Waals surface area contributed by atoms with Crippen LogP contribution < -0.4 is 4.74 Å². The predicted molar refractivity (Wildman–Crippen MR) is 80.8 cm³/mol. The van der Waals surface area contributed by atoms with Crippen LogP contribution in [0.15, 0.2) is 37.1 Å². The lowest BCUT2D eigenvalue weighted by atomic mass is 10.1. The molecule has 0 spiro atoms. The van der Waals surface area contributed by atoms with Gasteiger partial charge in [0.2, 0.25) is 0 Å². The molecule has 0 unspecified atom stereocenters. The molecule has 1 aromatic carbocycles. The van der Waals surface area contributed by atoms with Crippen molar-refractivity contribution in [1.82, 2.24) is 0 Å². The lowest BCUT2D eigenvalue weighted by molar-refractivity contribution is -0.254. The molecule has 0 aromatic heterocycles. The van der Waals surface area contributed by atoms with Gasteiger partial charge in [0.25, 0.3) is 0 Å². The number of ketones is 1. The zero-order chi connectivity index (χ0) is 16.0. The van der Waals surface area contributed by atoms with Gasteiger partial charge in [-0.2, -0.15) is 4.89 Å². The molecule has 0 aliphatic heterocycles. The van der Waals surface area contributed by atoms with Crippen molar-refractivity contribution in [1.29, 1.82) is 0 Å². The lowest BCUT2D eigenvalue weighted by Crippen LogP contribution is -2.12. The predicted octanol–water partition coefficient (Wildman–Crippen LogP) is 2.39. The van der Waals surface area contributed by atoms with E-state index >= 15 is 0 Å². The first kappa shape index (κ1) is 18.2. The van der Waals surface area contributed by atoms with Gasteiger partial charge in [0, 0.05) is 5.56 Å². The minimum atomic E-state index is 0.0383. The third-order valence-corrected chi connectivity index (χ3v) is 2.58. The van der Waals surface area contributed by atoms with Crippen molar-refractivity contribution in [2.45, 2.75) is 6.92 Å². The van der Waals surface area contributed by atoms with Crippen LogP contribution in [-0.4, -0.2) is 45.4 Å². The molecule has 0 radical (unpaired) electrons. The Hall–Kier alpha value is -1.89. The van der Waals surface area contributed by atoms with Crippen molar-refractivity contribution in [3.05, 3.63) is 42.7 Å². The summed E-state index contributed by atoms with van der Waals surface area (Å²) in [5.41, 5.74) is 0.670. The SMILES string of the molecule is C=COOCCOCCOCCOc1ccc(C(C)=O)cc1. The van der Waals surface area contributed by atoms with E-state index in [2.05, 4.69) is 16.4 Å². The van der Waals surface area contributed by atoms with Crippen LogP contribution in [0.25, 0.3) is 0 Å². The van der Waals surface area contributed by atoms with E-state index in [-0.39, 0.29) is 5.78 Å². The number of hydrogen-bond acceptors (Lipinski definition) is 6. The van der Waals surface area contributed by atoms with Crippen LogP contribution in [0, 0.1) is 0 Å². The van der Waals surface area contributed by atoms with E-state index in [1.54, 1.807) is 24.3 Å². The minimum absolute atomic E-state index is 0.0383. The van der Waals surface area contributed by atoms with Crippen molar-refractivity contribution < 1.29 is 28.8 Å². The van der Waals surface area contributed by atoms with Gasteiger partial charge in [0.15, 0.2) is 5.78 Å². The van der Waals surface area contributed by atoms with Gasteiger partial charge in [0.1, 0.15) is 25.2 Å². The van der Waals surface area contributed by atoms with Gasteiger partial charge in [-0.25, -0.2) is 0 Å². The van der Waals surface area contributed by atoms with E-state index in [0.717, 1.165) is 0 Å². The number of carbonyl (C=O) groups is 1. The molecular weight excluding hydrogens is 288 g/mol. The van der Waals surface area contributed by atoms with E-state index in [4.69, 9.17) is 14.2 Å². The molecule has 1 aromatic rings. The molecule has 1 rings (SSSR count). The summed E-state index contributed by atoms with van der Waals surface area (Å²) in [4.78, 5) is 20.3. The third-order valence-electron chi connectivity index (χ3n) is 2.58. The summed E-state index contributed by atoms with van der Waals surface area (Å²) in [5.74, 6) is 0.751. The van der Waals surface area contributed by atoms with E-state index in [1.807, 2.05) is 0 Å². The van der Waals surface area contributed by atoms with Gasteiger partial charge in [-0.05, 0) is 31.2 Å². The first-order valence-corrected chi connectivity index (χ1v) is 7.02. The number of benzene rings is 1. The molecule has 0 atom stereocenters. The maximum Gasteiger partial charge on any atom is 0.159 e. The smallest absolute Gasteiger partial charge is 0.159 e. The van der Waals surface area contributed by atoms with Crippen LogP contribution in [-0.2, 0) is 19.2 Å². The molecule has 0 bridgehead atoms. The second kappa shape index (κ2) is 11.7. The van der Waals surface area contributed by atoms with Crippen LogP contribution >= 0.6 is 0 Å². The second-order valence-corrected chi connectivity index (χ2v) is 4.24. The molecule has 0 saturated carbocycles. The Morgan fingerprint density at radius 3 is 2.18 bits per heavy atom. The Morgan fingerprint density at radius 2 is 1.59 bits per heavy atom. The number of hydrogen-bond donors (Lipinski definition) is 0. The largest absolute Gasteiger partial charge is 0.491 e. The molecule has 0 aliphatic carbocycles. The summed E-state index contributed by atoms with van der Waals surface area (Å²) in [6.45, 7) is 7.50. The molecule has 0 N–H and O–H groups in total. The van der Waals surface area contributed by atoms with Crippen molar-refractivity contribution in [3.63, 3.8) is 0 Å². The Balaban J connectivity index is 1.95. The molecule has 122 valence electrons. The van der Waals surface area contributed by atoms with Gasteiger partial charge < -0.3 is 19.1 Å². The normalized spacial score (nSPS) is 10.2. The molecule has 22 heavy (non-hydrogen) atoms. The summed E-state index contributed by atoms with van der Waals surface area (Å²) in [5, 5.41) is 0. The number of rotatable bonds is 13. The standard InChI is InChI=1S/C16H22O6/c1-3-21-22-13-11-19-9-8-18-10-12-20-16-6-4-15(5-7-16)14(2)17/h3-7H,1,8-13H2,2H3. The highest BCUT2D eigenvalue weighted by molar-refractivity contribution is 5.94. The van der Waals surface area contributed by atoms with Gasteiger partial charge in [0.05, 0.1) is 26.4 Å². The Labute approximate surface area is 130 Å². The van der Waals surface area contributed by atoms with E-state index < -0.39 is 0 Å². The minimum Gasteiger partial charge on any atom is -0.491 e. The highest BCUT2D eigenvalue weighted by Crippen LogP contribution is 2.12. The van der Waals surface area contributed by atoms with Crippen LogP contribution in [0.5, 0.6) is 5.75 Å². The van der Waals surface area contributed by atoms with E-state index in [9.17, 15) is 4.79 Å². The average Bonchev–Trinajstić information content (AvgIpc) is 2.53. The monoisotopic (exact) mass is 310 g/mol. The van der Waals surface area contributed by atoms with Crippen molar-refractivity contribution >= 4 is 5.78 Å². The van der Waals surface area contributed by atoms with Crippen molar-refractivity contribution in [3.8, 4) is 5.75 Å². The fourth-order valence-corrected chi connectivity index (χ4v) is 1.52. The van der Waals surface area contributed by atoms with Gasteiger partial charge in [-0.15, -0.1) is 0 Å². The maximum atomic E-state index is 11.1. The molecule has 6 heteroatoms. The summed E-state index contributed by atoms with van der Waals surface area (Å²) in [6.07, 6.45) is 1.21. The first-order chi connectivity index (χ1) is 10.7. The molecule has 0 amide bonds. The number of ether oxygens (including phenoxy) is 3. The summed E-state index contributed by atoms with van der Waals surface area (Å²) in [7, 11) is 0. The lowest BCUT2D eigenvalue weighted by Gasteiger charge is -2.08.